The van der Waals surface area contributed by atoms with Crippen LogP contribution >= 0.6 is 69.0 Å². The van der Waals surface area contributed by atoms with E-state index >= 15 is 0 Å². The van der Waals surface area contributed by atoms with Gasteiger partial charge >= 0.3 is 40.8 Å². The molecule has 0 saturated heterocycles. The van der Waals surface area contributed by atoms with Crippen molar-refractivity contribution in [3.8, 4) is 132 Å². The van der Waals surface area contributed by atoms with Crippen LogP contribution in [0.3, 0.4) is 0 Å². The number of rotatable bonds is 12. The van der Waals surface area contributed by atoms with Crippen LogP contribution in [-0.4, -0.2) is 121 Å². The number of nitrogens with zero attached hydrogens (tertiary/aromatic N) is 7. The van der Waals surface area contributed by atoms with Gasteiger partial charge in [-0.1, -0.05) is 13.9 Å². The molecule has 0 radical (unpaired) electrons. The zero-order valence-corrected chi connectivity index (χ0v) is 72.5. The zero-order chi connectivity index (χ0) is 82.4. The molecule has 33 heteroatoms. The predicted octanol–water partition coefficient (Wildman–Crippen LogP) is 15.3. The second-order valence-corrected chi connectivity index (χ2v) is 48.1. The average molecular weight is 1670 g/mol. The normalized spacial score (nSPS) is 11.8. The Morgan fingerprint density at radius 1 is 0.579 bits per heavy atom. The first-order chi connectivity index (χ1) is 50.0. The molecular formula is C74H91F5MnN7O12P7S. The van der Waals surface area contributed by atoms with Crippen LogP contribution in [0.2, 0.25) is 0 Å². The summed E-state index contributed by atoms with van der Waals surface area (Å²) in [6.07, 6.45) is 11.4. The van der Waals surface area contributed by atoms with E-state index in [2.05, 4.69) is 173 Å². The van der Waals surface area contributed by atoms with Gasteiger partial charge in [-0.3, -0.25) is 29.5 Å². The number of ether oxygens (including phenoxy) is 5. The molecule has 577 valence electrons. The van der Waals surface area contributed by atoms with Crippen molar-refractivity contribution in [1.82, 2.24) is 34.0 Å². The topological polar surface area (TPSA) is 220 Å². The van der Waals surface area contributed by atoms with Crippen LogP contribution in [0.1, 0.15) is 165 Å². The molecule has 3 aliphatic heterocycles. The van der Waals surface area contributed by atoms with Gasteiger partial charge in [0.2, 0.25) is 0 Å². The second-order valence-electron chi connectivity index (χ2n) is 24.4. The van der Waals surface area contributed by atoms with E-state index in [1.807, 2.05) is 76.2 Å². The van der Waals surface area contributed by atoms with E-state index < -0.39 is 55.5 Å². The van der Waals surface area contributed by atoms with Gasteiger partial charge in [0.05, 0.1) is 64.8 Å². The van der Waals surface area contributed by atoms with Gasteiger partial charge in [-0.15, -0.1) is 66.6 Å². The molecule has 3 aliphatic rings. The van der Waals surface area contributed by atoms with E-state index in [-0.39, 0.29) is 71.3 Å². The molecule has 0 saturated carbocycles. The number of halogens is 5. The number of pyridine rings is 3. The van der Waals surface area contributed by atoms with Gasteiger partial charge < -0.3 is 28.8 Å². The summed E-state index contributed by atoms with van der Waals surface area (Å²) in [5, 5.41) is 9.43. The number of carbonyl (C=O) groups excluding carboxylic acids is 4. The second kappa shape index (κ2) is 53.8. The van der Waals surface area contributed by atoms with Gasteiger partial charge in [-0.2, -0.15) is 4.31 Å². The standard InChI is InChI=1S/C15H20F2N2O2.C15H22N2O3.C15H20N2O3.C13H4.C10H2.C6H14F3NO2S.Mn.2O.H9P7/c1-8-9(2)18-12(13(16)17)11-7-19(6-10(8)11)14(20)21-15(3,4)5;2*1-9-10(2)16-13(8-18)12-7-17(6-11(9)12)14(19)20-15(3,4)5;1-3-5-7-9-11-13-12-10-8-6-4-2;1-3-5-7-9-10-8-6-4-2;1-11-5-3-10(4-6-12-2)13(7,8)9;;;;1-5-7(4)6(2)3/h13H,6-7H2,1-5H3;18H,6-8H2,1-5H3;8H,6-7H2,1-5H3;1H,2H3;1-2H;3-6H2,1-2H3;;;;5H,1-4H2. The van der Waals surface area contributed by atoms with Crippen LogP contribution < -0.4 is 0 Å². The summed E-state index contributed by atoms with van der Waals surface area (Å²) >= 11 is -6.57. The Bertz CT molecular complexity index is 4240. The predicted molar refractivity (Wildman–Crippen MR) is 427 cm³/mol. The monoisotopic (exact) mass is 1670 g/mol. The van der Waals surface area contributed by atoms with Gasteiger partial charge in [-0.25, -0.2) is 28.1 Å². The third-order valence-electron chi connectivity index (χ3n) is 13.4. The number of amides is 3. The summed E-state index contributed by atoms with van der Waals surface area (Å²) in [4.78, 5) is 64.9. The molecule has 3 aromatic heterocycles. The SMILES string of the molecule is C#CC#CC#CC#CC#C.C#CC#CC#CC#CC#CC#CC.COCCN(CCOC)S(F)(F)F.Cc1nc(C(F)F)c2c(c1C)CN(C(=O)OC(C)(C)C)C2.Cc1nc(C=O)c2c(c1C)CN(C(=O)OC(C)(C)C)C2.Cc1nc(CO)c2c(c1C)CN(C(=O)OC(C)(C)C)C2.PPP(P)P(P)P.[O]=[Mn]=[O]. The van der Waals surface area contributed by atoms with E-state index in [9.17, 15) is 44.7 Å². The van der Waals surface area contributed by atoms with Crippen LogP contribution in [0.4, 0.5) is 34.8 Å². The Labute approximate surface area is 650 Å². The van der Waals surface area contributed by atoms with E-state index in [1.165, 1.54) is 19.1 Å². The van der Waals surface area contributed by atoms with Crippen molar-refractivity contribution in [2.24, 2.45) is 0 Å². The van der Waals surface area contributed by atoms with Crippen molar-refractivity contribution in [1.29, 1.82) is 0 Å². The minimum atomic E-state index is -5.14. The number of carbonyl (C=O) groups is 4. The Hall–Kier alpha value is -6.94. The first-order valence-electron chi connectivity index (χ1n) is 31.4. The quantitative estimate of drug-likeness (QED) is 0.0445. The van der Waals surface area contributed by atoms with Gasteiger partial charge in [0, 0.05) is 61.1 Å². The number of aliphatic hydroxyl groups excluding tert-OH is 1. The molecule has 3 aromatic rings. The van der Waals surface area contributed by atoms with E-state index in [0.717, 1.165) is 70.1 Å². The molecule has 6 unspecified atom stereocenters. The molecule has 0 bridgehead atoms. The molecule has 3 amide bonds. The third-order valence-corrected chi connectivity index (χ3v) is 44.8. The molecule has 1 N–H and O–H groups in total. The number of alkyl halides is 2. The molecule has 6 atom stereocenters. The molecule has 0 spiro atoms. The summed E-state index contributed by atoms with van der Waals surface area (Å²) in [6.45, 7) is 31.9. The van der Waals surface area contributed by atoms with Crippen molar-refractivity contribution in [2.75, 3.05) is 40.5 Å². The van der Waals surface area contributed by atoms with Gasteiger partial charge in [0.25, 0.3) is 17.8 Å². The van der Waals surface area contributed by atoms with E-state index in [0.29, 0.717) is 59.7 Å². The Morgan fingerprint density at radius 3 is 1.18 bits per heavy atom. The van der Waals surface area contributed by atoms with Crippen molar-refractivity contribution in [2.45, 2.75) is 180 Å². The summed E-state index contributed by atoms with van der Waals surface area (Å²) in [6, 6.07) is 0. The number of methoxy groups -OCH3 is 2. The number of aldehydes is 1. The fourth-order valence-corrected chi connectivity index (χ4v) is 25.1. The average Bonchev–Trinajstić information content (AvgIpc) is 1.66. The van der Waals surface area contributed by atoms with Crippen molar-refractivity contribution < 1.29 is 90.9 Å². The maximum atomic E-state index is 13.1. The summed E-state index contributed by atoms with van der Waals surface area (Å²) in [7, 11) is 15.2. The molecule has 6 heterocycles. The Kier molecular flexibility index (Phi) is 51.3. The van der Waals surface area contributed by atoms with Gasteiger partial charge in [0.15, 0.2) is 6.29 Å². The fourth-order valence-electron chi connectivity index (χ4n) is 8.39. The number of aliphatic hydroxyl groups is 1. The number of terminal acetylenes is 3. The Morgan fingerprint density at radius 2 is 0.888 bits per heavy atom. The van der Waals surface area contributed by atoms with Crippen molar-refractivity contribution in [3.63, 3.8) is 0 Å². The van der Waals surface area contributed by atoms with Crippen LogP contribution in [0.25, 0.3) is 0 Å². The molecule has 0 aliphatic carbocycles. The van der Waals surface area contributed by atoms with Crippen LogP contribution in [0.5, 0.6) is 0 Å². The summed E-state index contributed by atoms with van der Waals surface area (Å²) < 4.78 is 106. The van der Waals surface area contributed by atoms with Crippen molar-refractivity contribution >= 4 is 93.6 Å². The number of fused-ring (bicyclic) bond motifs is 3. The molecule has 107 heavy (non-hydrogen) atoms. The number of aryl methyl sites for hydroxylation is 3. The van der Waals surface area contributed by atoms with Crippen molar-refractivity contribution in [3.05, 3.63) is 84.2 Å². The zero-order valence-electron chi connectivity index (χ0n) is 63.1. The van der Waals surface area contributed by atoms with E-state index in [1.54, 1.807) is 44.4 Å². The van der Waals surface area contributed by atoms with E-state index in [4.69, 9.17) is 41.2 Å². The van der Waals surface area contributed by atoms with Crippen LogP contribution in [0.15, 0.2) is 0 Å². The maximum absolute atomic E-state index is 13.1. The van der Waals surface area contributed by atoms with Crippen LogP contribution in [0, 0.1) is 173 Å². The Balaban J connectivity index is 0. The molecule has 0 aromatic carbocycles. The number of hydrogen-bond donors (Lipinski definition) is 1. The molecule has 6 rings (SSSR count). The number of aromatic nitrogens is 3. The van der Waals surface area contributed by atoms with Gasteiger partial charge in [-0.05, 0) is 265 Å². The van der Waals surface area contributed by atoms with Gasteiger partial charge in [0.1, 0.15) is 28.2 Å². The molecule has 0 fully saturated rings. The third kappa shape index (κ3) is 42.0. The first kappa shape index (κ1) is 102. The fraction of sp³-hybridized carbons (Fsp3) is 0.446. The first-order valence-corrected chi connectivity index (χ1v) is 45.5. The molecular weight excluding hydrogens is 1580 g/mol. The minimum absolute atomic E-state index is 0.0796. The summed E-state index contributed by atoms with van der Waals surface area (Å²) in [5.74, 6) is 45.3. The van der Waals surface area contributed by atoms with Crippen LogP contribution in [-0.2, 0) is 92.0 Å². The summed E-state index contributed by atoms with van der Waals surface area (Å²) in [5.41, 5.74) is 9.66. The molecule has 19 nitrogen and oxygen atoms in total. The number of hydrogen-bond acceptors (Lipinski definition) is 16.